The van der Waals surface area contributed by atoms with Crippen molar-refractivity contribution < 1.29 is 13.2 Å². The van der Waals surface area contributed by atoms with Crippen LogP contribution in [0.15, 0.2) is 36.4 Å². The lowest BCUT2D eigenvalue weighted by Gasteiger charge is -2.18. The fraction of sp³-hybridized carbons (Fsp3) is 0.222. The third-order valence-electron chi connectivity index (χ3n) is 3.86. The van der Waals surface area contributed by atoms with Gasteiger partial charge in [0.1, 0.15) is 5.82 Å². The van der Waals surface area contributed by atoms with Crippen molar-refractivity contribution in [1.82, 2.24) is 9.97 Å². The number of halogens is 4. The Kier molecular flexibility index (Phi) is 4.66. The Hall–Kier alpha value is -2.54. The fourth-order valence-corrected chi connectivity index (χ4v) is 2.76. The molecule has 136 valence electrons. The largest absolute Gasteiger partial charge is 0.418 e. The summed E-state index contributed by atoms with van der Waals surface area (Å²) in [7, 11) is 3.62. The summed E-state index contributed by atoms with van der Waals surface area (Å²) in [5.41, 5.74) is -0.0333. The molecular weight excluding hydrogens is 365 g/mol. The van der Waals surface area contributed by atoms with Crippen LogP contribution in [0.2, 0.25) is 5.02 Å². The molecule has 0 aliphatic carbocycles. The zero-order valence-corrected chi connectivity index (χ0v) is 15.1. The second kappa shape index (κ2) is 6.64. The molecule has 1 aromatic heterocycles. The smallest absolute Gasteiger partial charge is 0.362 e. The first-order valence-electron chi connectivity index (χ1n) is 7.75. The summed E-state index contributed by atoms with van der Waals surface area (Å²) in [5.74, 6) is 0.669. The number of nitrogens with one attached hydrogen (secondary N) is 1. The number of alkyl halides is 3. The van der Waals surface area contributed by atoms with Crippen molar-refractivity contribution in [1.29, 1.82) is 0 Å². The molecule has 0 fully saturated rings. The lowest BCUT2D eigenvalue weighted by molar-refractivity contribution is -0.136. The Labute approximate surface area is 153 Å². The summed E-state index contributed by atoms with van der Waals surface area (Å²) < 4.78 is 40.2. The van der Waals surface area contributed by atoms with E-state index in [0.29, 0.717) is 16.9 Å². The molecule has 0 saturated carbocycles. The zero-order chi connectivity index (χ0) is 19.1. The van der Waals surface area contributed by atoms with Crippen molar-refractivity contribution in [2.75, 3.05) is 24.3 Å². The predicted molar refractivity (Wildman–Crippen MR) is 98.3 cm³/mol. The Bertz CT molecular complexity index is 971. The first kappa shape index (κ1) is 18.3. The molecule has 1 heterocycles. The molecule has 0 aliphatic rings. The number of rotatable bonds is 3. The average molecular weight is 381 g/mol. The lowest BCUT2D eigenvalue weighted by atomic mass is 10.1. The number of hydrogen-bond donors (Lipinski definition) is 1. The van der Waals surface area contributed by atoms with Gasteiger partial charge in [-0.3, -0.25) is 0 Å². The second-order valence-corrected chi connectivity index (χ2v) is 6.46. The van der Waals surface area contributed by atoms with Crippen molar-refractivity contribution in [2.24, 2.45) is 0 Å². The molecule has 0 atom stereocenters. The SMILES string of the molecule is Cc1cc(C(F)(F)F)c(Nc2nc(N(C)C)c3ccccc3n2)cc1Cl. The highest BCUT2D eigenvalue weighted by Crippen LogP contribution is 2.39. The molecule has 0 saturated heterocycles. The van der Waals surface area contributed by atoms with Gasteiger partial charge in [0.2, 0.25) is 5.95 Å². The lowest BCUT2D eigenvalue weighted by Crippen LogP contribution is -2.14. The summed E-state index contributed by atoms with van der Waals surface area (Å²) in [4.78, 5) is 10.5. The summed E-state index contributed by atoms with van der Waals surface area (Å²) >= 11 is 6.02. The van der Waals surface area contributed by atoms with Crippen molar-refractivity contribution in [3.63, 3.8) is 0 Å². The summed E-state index contributed by atoms with van der Waals surface area (Å²) in [6, 6.07) is 9.56. The van der Waals surface area contributed by atoms with Crippen LogP contribution in [0.5, 0.6) is 0 Å². The van der Waals surface area contributed by atoms with Crippen LogP contribution in [0.4, 0.5) is 30.6 Å². The van der Waals surface area contributed by atoms with Crippen LogP contribution in [0.1, 0.15) is 11.1 Å². The Balaban J connectivity index is 2.14. The van der Waals surface area contributed by atoms with Crippen molar-refractivity contribution >= 4 is 40.0 Å². The predicted octanol–water partition coefficient (Wildman–Crippen LogP) is 5.42. The van der Waals surface area contributed by atoms with Crippen LogP contribution < -0.4 is 10.2 Å². The molecule has 3 rings (SSSR count). The monoisotopic (exact) mass is 380 g/mol. The molecule has 1 N–H and O–H groups in total. The normalized spacial score (nSPS) is 11.7. The zero-order valence-electron chi connectivity index (χ0n) is 14.3. The highest BCUT2D eigenvalue weighted by molar-refractivity contribution is 6.31. The Morgan fingerprint density at radius 1 is 1.08 bits per heavy atom. The van der Waals surface area contributed by atoms with E-state index >= 15 is 0 Å². The molecule has 8 heteroatoms. The highest BCUT2D eigenvalue weighted by Gasteiger charge is 2.34. The maximum absolute atomic E-state index is 13.4. The van der Waals surface area contributed by atoms with Gasteiger partial charge in [-0.05, 0) is 36.8 Å². The van der Waals surface area contributed by atoms with Gasteiger partial charge < -0.3 is 10.2 Å². The molecule has 0 spiro atoms. The summed E-state index contributed by atoms with van der Waals surface area (Å²) in [6.45, 7) is 1.53. The highest BCUT2D eigenvalue weighted by atomic mass is 35.5. The quantitative estimate of drug-likeness (QED) is 0.658. The van der Waals surface area contributed by atoms with Crippen LogP contribution >= 0.6 is 11.6 Å². The van der Waals surface area contributed by atoms with Gasteiger partial charge in [-0.1, -0.05) is 23.7 Å². The molecule has 0 unspecified atom stereocenters. The van der Waals surface area contributed by atoms with Gasteiger partial charge in [0.25, 0.3) is 0 Å². The Morgan fingerprint density at radius 2 is 1.77 bits per heavy atom. The van der Waals surface area contributed by atoms with E-state index < -0.39 is 11.7 Å². The van der Waals surface area contributed by atoms with E-state index in [4.69, 9.17) is 11.6 Å². The number of aryl methyl sites for hydroxylation is 1. The third-order valence-corrected chi connectivity index (χ3v) is 4.26. The third kappa shape index (κ3) is 3.53. The molecule has 2 aromatic carbocycles. The molecule has 0 aliphatic heterocycles. The van der Waals surface area contributed by atoms with E-state index in [9.17, 15) is 13.2 Å². The number of benzene rings is 2. The van der Waals surface area contributed by atoms with Gasteiger partial charge in [-0.25, -0.2) is 4.98 Å². The van der Waals surface area contributed by atoms with Crippen LogP contribution in [0.3, 0.4) is 0 Å². The molecule has 3 aromatic rings. The van der Waals surface area contributed by atoms with E-state index in [1.807, 2.05) is 32.3 Å². The van der Waals surface area contributed by atoms with Gasteiger partial charge in [0.15, 0.2) is 0 Å². The maximum atomic E-state index is 13.4. The number of anilines is 3. The topological polar surface area (TPSA) is 41.1 Å². The van der Waals surface area contributed by atoms with Gasteiger partial charge >= 0.3 is 6.18 Å². The van der Waals surface area contributed by atoms with E-state index in [0.717, 1.165) is 11.5 Å². The minimum Gasteiger partial charge on any atom is -0.362 e. The van der Waals surface area contributed by atoms with Crippen LogP contribution in [0, 0.1) is 6.92 Å². The summed E-state index contributed by atoms with van der Waals surface area (Å²) in [6.07, 6.45) is -4.53. The van der Waals surface area contributed by atoms with Gasteiger partial charge in [-0.15, -0.1) is 0 Å². The molecule has 0 amide bonds. The van der Waals surface area contributed by atoms with Crippen LogP contribution in [0.25, 0.3) is 10.9 Å². The minimum absolute atomic E-state index is 0.0674. The van der Waals surface area contributed by atoms with E-state index in [1.54, 1.807) is 11.0 Å². The molecule has 4 nitrogen and oxygen atoms in total. The number of nitrogens with zero attached hydrogens (tertiary/aromatic N) is 3. The number of fused-ring (bicyclic) bond motifs is 1. The first-order valence-corrected chi connectivity index (χ1v) is 8.13. The van der Waals surface area contributed by atoms with Gasteiger partial charge in [-0.2, -0.15) is 18.2 Å². The molecule has 0 bridgehead atoms. The number of hydrogen-bond acceptors (Lipinski definition) is 4. The van der Waals surface area contributed by atoms with Crippen molar-refractivity contribution in [3.05, 3.63) is 52.5 Å². The van der Waals surface area contributed by atoms with E-state index in [2.05, 4.69) is 15.3 Å². The number of aromatic nitrogens is 2. The Morgan fingerprint density at radius 3 is 2.42 bits per heavy atom. The first-order chi connectivity index (χ1) is 12.2. The molecule has 0 radical (unpaired) electrons. The summed E-state index contributed by atoms with van der Waals surface area (Å²) in [5, 5.41) is 3.72. The maximum Gasteiger partial charge on any atom is 0.418 e. The van der Waals surface area contributed by atoms with Crippen molar-refractivity contribution in [2.45, 2.75) is 13.1 Å². The fourth-order valence-electron chi connectivity index (χ4n) is 2.60. The molecule has 26 heavy (non-hydrogen) atoms. The van der Waals surface area contributed by atoms with Gasteiger partial charge in [0.05, 0.1) is 16.8 Å². The second-order valence-electron chi connectivity index (χ2n) is 6.05. The van der Waals surface area contributed by atoms with Crippen LogP contribution in [-0.2, 0) is 6.18 Å². The number of para-hydroxylation sites is 1. The van der Waals surface area contributed by atoms with E-state index in [-0.39, 0.29) is 16.7 Å². The van der Waals surface area contributed by atoms with E-state index in [1.165, 1.54) is 13.0 Å². The van der Waals surface area contributed by atoms with Gasteiger partial charge in [0, 0.05) is 24.5 Å². The van der Waals surface area contributed by atoms with Crippen LogP contribution in [-0.4, -0.2) is 24.1 Å². The van der Waals surface area contributed by atoms with Crippen molar-refractivity contribution in [3.8, 4) is 0 Å². The standard InChI is InChI=1S/C18H16ClF3N4/c1-10-8-12(18(20,21)22)15(9-13(10)19)24-17-23-14-7-5-4-6-11(14)16(25-17)26(2)3/h4-9H,1-3H3,(H,23,24,25). The minimum atomic E-state index is -4.53. The average Bonchev–Trinajstić information content (AvgIpc) is 2.56. The molecular formula is C18H16ClF3N4.